The van der Waals surface area contributed by atoms with Crippen molar-refractivity contribution in [3.63, 3.8) is 0 Å². The van der Waals surface area contributed by atoms with E-state index < -0.39 is 0 Å². The number of carbonyl (C=O) groups excluding carboxylic acids is 1. The number of nitrogens with one attached hydrogen (secondary N) is 1. The van der Waals surface area contributed by atoms with Gasteiger partial charge in [-0.1, -0.05) is 12.1 Å². The van der Waals surface area contributed by atoms with E-state index in [-0.39, 0.29) is 5.91 Å². The molecule has 2 heterocycles. The van der Waals surface area contributed by atoms with Crippen LogP contribution in [0.2, 0.25) is 0 Å². The zero-order valence-electron chi connectivity index (χ0n) is 13.1. The molecule has 2 aromatic rings. The van der Waals surface area contributed by atoms with Crippen molar-refractivity contribution in [3.05, 3.63) is 51.8 Å². The summed E-state index contributed by atoms with van der Waals surface area (Å²) in [6.45, 7) is 4.36. The van der Waals surface area contributed by atoms with Gasteiger partial charge in [0.1, 0.15) is 0 Å². The van der Waals surface area contributed by atoms with Crippen LogP contribution in [0.1, 0.15) is 34.6 Å². The Balaban J connectivity index is 1.70. The quantitative estimate of drug-likeness (QED) is 0.893. The molecule has 23 heavy (non-hydrogen) atoms. The second-order valence-electron chi connectivity index (χ2n) is 5.66. The predicted molar refractivity (Wildman–Crippen MR) is 93.5 cm³/mol. The van der Waals surface area contributed by atoms with Crippen molar-refractivity contribution in [2.75, 3.05) is 18.0 Å². The topological polar surface area (TPSA) is 58.1 Å². The molecule has 1 aromatic carbocycles. The molecular formula is C17H19BrN4O. The Hall–Kier alpha value is -1.95. The fourth-order valence-electron chi connectivity index (χ4n) is 2.68. The number of nitrogens with zero attached hydrogens (tertiary/aromatic N) is 3. The van der Waals surface area contributed by atoms with Crippen molar-refractivity contribution in [3.8, 4) is 0 Å². The summed E-state index contributed by atoms with van der Waals surface area (Å²) in [5, 5.41) is 2.92. The van der Waals surface area contributed by atoms with Gasteiger partial charge in [0, 0.05) is 23.3 Å². The van der Waals surface area contributed by atoms with Crippen LogP contribution in [-0.2, 0) is 6.54 Å². The molecule has 1 saturated heterocycles. The van der Waals surface area contributed by atoms with Crippen LogP contribution in [0.4, 0.5) is 5.95 Å². The van der Waals surface area contributed by atoms with Crippen molar-refractivity contribution in [2.45, 2.75) is 26.3 Å². The highest BCUT2D eigenvalue weighted by molar-refractivity contribution is 9.10. The Morgan fingerprint density at radius 3 is 2.74 bits per heavy atom. The average molecular weight is 375 g/mol. The minimum atomic E-state index is -0.114. The van der Waals surface area contributed by atoms with Gasteiger partial charge in [-0.15, -0.1) is 0 Å². The van der Waals surface area contributed by atoms with Gasteiger partial charge in [0.25, 0.3) is 5.91 Å². The van der Waals surface area contributed by atoms with Gasteiger partial charge in [-0.05, 0) is 53.9 Å². The van der Waals surface area contributed by atoms with Crippen molar-refractivity contribution >= 4 is 27.8 Å². The number of aromatic nitrogens is 2. The summed E-state index contributed by atoms with van der Waals surface area (Å²) in [5.74, 6) is 0.657. The van der Waals surface area contributed by atoms with Crippen LogP contribution in [0.5, 0.6) is 0 Å². The van der Waals surface area contributed by atoms with E-state index in [1.165, 1.54) is 12.8 Å². The Morgan fingerprint density at radius 1 is 1.26 bits per heavy atom. The maximum Gasteiger partial charge on any atom is 0.252 e. The Bertz CT molecular complexity index is 713. The van der Waals surface area contributed by atoms with E-state index in [2.05, 4.69) is 36.1 Å². The number of rotatable bonds is 4. The van der Waals surface area contributed by atoms with Crippen LogP contribution in [0.25, 0.3) is 0 Å². The predicted octanol–water partition coefficient (Wildman–Crippen LogP) is 3.08. The third-order valence-electron chi connectivity index (χ3n) is 3.83. The third-order valence-corrected chi connectivity index (χ3v) is 4.52. The molecule has 1 aliphatic rings. The summed E-state index contributed by atoms with van der Waals surface area (Å²) in [5.41, 5.74) is 2.38. The minimum absolute atomic E-state index is 0.114. The van der Waals surface area contributed by atoms with Crippen LogP contribution >= 0.6 is 15.9 Å². The molecule has 1 aliphatic heterocycles. The zero-order chi connectivity index (χ0) is 16.2. The fourth-order valence-corrected chi connectivity index (χ4v) is 3.14. The molecule has 3 rings (SSSR count). The number of benzene rings is 1. The molecule has 0 unspecified atom stereocenters. The molecular weight excluding hydrogens is 356 g/mol. The summed E-state index contributed by atoms with van der Waals surface area (Å²) >= 11 is 3.40. The Kier molecular flexibility index (Phi) is 4.91. The number of halogens is 1. The number of aryl methyl sites for hydroxylation is 1. The lowest BCUT2D eigenvalue weighted by atomic mass is 10.2. The molecule has 120 valence electrons. The molecule has 0 bridgehead atoms. The molecule has 0 atom stereocenters. The van der Waals surface area contributed by atoms with Gasteiger partial charge < -0.3 is 10.2 Å². The number of amides is 1. The number of hydrogen-bond donors (Lipinski definition) is 1. The van der Waals surface area contributed by atoms with Crippen molar-refractivity contribution in [1.82, 2.24) is 15.3 Å². The van der Waals surface area contributed by atoms with Crippen molar-refractivity contribution < 1.29 is 4.79 Å². The summed E-state index contributed by atoms with van der Waals surface area (Å²) in [6, 6.07) is 9.30. The van der Waals surface area contributed by atoms with E-state index in [0.717, 1.165) is 34.9 Å². The molecule has 1 N–H and O–H groups in total. The molecule has 1 fully saturated rings. The first-order chi connectivity index (χ1) is 11.1. The molecule has 1 amide bonds. The van der Waals surface area contributed by atoms with Crippen molar-refractivity contribution in [1.29, 1.82) is 0 Å². The van der Waals surface area contributed by atoms with Crippen LogP contribution in [0, 0.1) is 6.92 Å². The Labute approximate surface area is 144 Å². The lowest BCUT2D eigenvalue weighted by Crippen LogP contribution is -2.25. The van der Waals surface area contributed by atoms with Gasteiger partial charge >= 0.3 is 0 Å². The zero-order valence-corrected chi connectivity index (χ0v) is 14.6. The lowest BCUT2D eigenvalue weighted by molar-refractivity contribution is 0.0949. The van der Waals surface area contributed by atoms with Gasteiger partial charge in [-0.2, -0.15) is 0 Å². The monoisotopic (exact) mass is 374 g/mol. The minimum Gasteiger partial charge on any atom is -0.346 e. The highest BCUT2D eigenvalue weighted by Gasteiger charge is 2.16. The lowest BCUT2D eigenvalue weighted by Gasteiger charge is -2.16. The van der Waals surface area contributed by atoms with Crippen LogP contribution in [0.15, 0.2) is 34.8 Å². The van der Waals surface area contributed by atoms with E-state index in [1.54, 1.807) is 6.07 Å². The molecule has 1 aromatic heterocycles. The van der Waals surface area contributed by atoms with E-state index in [1.807, 2.05) is 31.2 Å². The molecule has 5 nitrogen and oxygen atoms in total. The Morgan fingerprint density at radius 2 is 2.00 bits per heavy atom. The van der Waals surface area contributed by atoms with E-state index >= 15 is 0 Å². The smallest absolute Gasteiger partial charge is 0.252 e. The first kappa shape index (κ1) is 15.9. The highest BCUT2D eigenvalue weighted by Crippen LogP contribution is 2.18. The second-order valence-corrected chi connectivity index (χ2v) is 6.51. The van der Waals surface area contributed by atoms with E-state index in [4.69, 9.17) is 0 Å². The van der Waals surface area contributed by atoms with Gasteiger partial charge in [-0.3, -0.25) is 4.79 Å². The van der Waals surface area contributed by atoms with Crippen LogP contribution < -0.4 is 10.2 Å². The summed E-state index contributed by atoms with van der Waals surface area (Å²) < 4.78 is 0.786. The van der Waals surface area contributed by atoms with E-state index in [9.17, 15) is 4.79 Å². The SMILES string of the molecule is Cc1cc(CNC(=O)c2ccccc2Br)nc(N2CCCC2)n1. The first-order valence-corrected chi connectivity index (χ1v) is 8.55. The largest absolute Gasteiger partial charge is 0.346 e. The molecule has 0 spiro atoms. The number of hydrogen-bond acceptors (Lipinski definition) is 4. The van der Waals surface area contributed by atoms with Crippen LogP contribution in [0.3, 0.4) is 0 Å². The number of anilines is 1. The molecule has 6 heteroatoms. The summed E-state index contributed by atoms with van der Waals surface area (Å²) in [4.78, 5) is 23.6. The van der Waals surface area contributed by atoms with Gasteiger partial charge in [0.2, 0.25) is 5.95 Å². The second kappa shape index (κ2) is 7.08. The summed E-state index contributed by atoms with van der Waals surface area (Å²) in [6.07, 6.45) is 2.37. The van der Waals surface area contributed by atoms with Crippen molar-refractivity contribution in [2.24, 2.45) is 0 Å². The summed E-state index contributed by atoms with van der Waals surface area (Å²) in [7, 11) is 0. The normalized spacial score (nSPS) is 14.1. The molecule has 0 saturated carbocycles. The highest BCUT2D eigenvalue weighted by atomic mass is 79.9. The van der Waals surface area contributed by atoms with Crippen LogP contribution in [-0.4, -0.2) is 29.0 Å². The first-order valence-electron chi connectivity index (χ1n) is 7.76. The third kappa shape index (κ3) is 3.88. The van der Waals surface area contributed by atoms with Gasteiger partial charge in [-0.25, -0.2) is 9.97 Å². The van der Waals surface area contributed by atoms with Gasteiger partial charge in [0.15, 0.2) is 0 Å². The molecule has 0 aliphatic carbocycles. The maximum absolute atomic E-state index is 12.3. The number of carbonyl (C=O) groups is 1. The average Bonchev–Trinajstić information content (AvgIpc) is 3.07. The van der Waals surface area contributed by atoms with E-state index in [0.29, 0.717) is 12.1 Å². The molecule has 0 radical (unpaired) electrons. The van der Waals surface area contributed by atoms with Gasteiger partial charge in [0.05, 0.1) is 17.8 Å². The fraction of sp³-hybridized carbons (Fsp3) is 0.353. The standard InChI is InChI=1S/C17H19BrN4O/c1-12-10-13(21-17(20-12)22-8-4-5-9-22)11-19-16(23)14-6-2-3-7-15(14)18/h2-3,6-7,10H,4-5,8-9,11H2,1H3,(H,19,23). The maximum atomic E-state index is 12.3.